The Morgan fingerprint density at radius 1 is 1.08 bits per heavy atom. The number of methoxy groups -OCH3 is 1. The fraction of sp³-hybridized carbons (Fsp3) is 0.263. The summed E-state index contributed by atoms with van der Waals surface area (Å²) in [5.74, 6) is -0.0153. The average molecular weight is 327 g/mol. The van der Waals surface area contributed by atoms with E-state index in [2.05, 4.69) is 17.0 Å². The Hall–Kier alpha value is -2.82. The highest BCUT2D eigenvalue weighted by Gasteiger charge is 2.10. The number of benzene rings is 2. The number of carbonyl (C=O) groups excluding carboxylic acids is 2. The zero-order chi connectivity index (χ0) is 17.5. The van der Waals surface area contributed by atoms with Crippen LogP contribution in [0.3, 0.4) is 0 Å². The summed E-state index contributed by atoms with van der Waals surface area (Å²) in [7, 11) is 1.33. The summed E-state index contributed by atoms with van der Waals surface area (Å²) in [6.07, 6.45) is 0.960. The van der Waals surface area contributed by atoms with Crippen molar-refractivity contribution in [2.45, 2.75) is 20.3 Å². The molecule has 5 nitrogen and oxygen atoms in total. The first kappa shape index (κ1) is 17.5. The Labute approximate surface area is 141 Å². The third-order valence-electron chi connectivity index (χ3n) is 3.62. The van der Waals surface area contributed by atoms with Crippen molar-refractivity contribution in [3.63, 3.8) is 0 Å². The molecular formula is C19H21NO4. The Morgan fingerprint density at radius 2 is 1.79 bits per heavy atom. The highest BCUT2D eigenvalue weighted by atomic mass is 16.5. The molecule has 1 N–H and O–H groups in total. The molecule has 0 unspecified atom stereocenters. The molecule has 0 saturated carbocycles. The lowest BCUT2D eigenvalue weighted by molar-refractivity contribution is -0.118. The number of hydrogen-bond donors (Lipinski definition) is 1. The standard InChI is InChI=1S/C19H21NO4/c1-4-14-5-8-16(9-6-14)24-12-18(21)20-17-10-7-15(11-13(17)2)19(22)23-3/h5-11H,4,12H2,1-3H3,(H,20,21). The molecule has 0 saturated heterocycles. The molecule has 0 aliphatic carbocycles. The van der Waals surface area contributed by atoms with Crippen molar-refractivity contribution in [1.82, 2.24) is 0 Å². The van der Waals surface area contributed by atoms with Gasteiger partial charge in [0.25, 0.3) is 5.91 Å². The van der Waals surface area contributed by atoms with Gasteiger partial charge in [-0.1, -0.05) is 19.1 Å². The second-order valence-corrected chi connectivity index (χ2v) is 5.36. The highest BCUT2D eigenvalue weighted by molar-refractivity contribution is 5.94. The van der Waals surface area contributed by atoms with Crippen molar-refractivity contribution in [2.75, 3.05) is 19.0 Å². The second kappa shape index (κ2) is 8.15. The third-order valence-corrected chi connectivity index (χ3v) is 3.62. The molecule has 0 spiro atoms. The number of nitrogens with one attached hydrogen (secondary N) is 1. The van der Waals surface area contributed by atoms with Crippen LogP contribution in [-0.4, -0.2) is 25.6 Å². The fourth-order valence-electron chi connectivity index (χ4n) is 2.21. The monoisotopic (exact) mass is 327 g/mol. The van der Waals surface area contributed by atoms with E-state index in [4.69, 9.17) is 4.74 Å². The first-order chi connectivity index (χ1) is 11.5. The van der Waals surface area contributed by atoms with Crippen LogP contribution in [-0.2, 0) is 16.0 Å². The van der Waals surface area contributed by atoms with Crippen LogP contribution in [0.25, 0.3) is 0 Å². The molecule has 0 atom stereocenters. The molecule has 24 heavy (non-hydrogen) atoms. The predicted molar refractivity (Wildman–Crippen MR) is 92.5 cm³/mol. The summed E-state index contributed by atoms with van der Waals surface area (Å²) in [6, 6.07) is 12.6. The molecule has 0 aliphatic rings. The molecule has 0 aromatic heterocycles. The maximum atomic E-state index is 12.0. The van der Waals surface area contributed by atoms with Crippen LogP contribution in [0.2, 0.25) is 0 Å². The van der Waals surface area contributed by atoms with Crippen LogP contribution in [0.15, 0.2) is 42.5 Å². The lowest BCUT2D eigenvalue weighted by atomic mass is 10.1. The van der Waals surface area contributed by atoms with E-state index in [-0.39, 0.29) is 12.5 Å². The summed E-state index contributed by atoms with van der Waals surface area (Å²) in [4.78, 5) is 23.5. The molecular weight excluding hydrogens is 306 g/mol. The minimum atomic E-state index is -0.408. The molecule has 0 bridgehead atoms. The zero-order valence-electron chi connectivity index (χ0n) is 14.1. The minimum absolute atomic E-state index is 0.0797. The summed E-state index contributed by atoms with van der Waals surface area (Å²) < 4.78 is 10.1. The van der Waals surface area contributed by atoms with Gasteiger partial charge < -0.3 is 14.8 Å². The van der Waals surface area contributed by atoms with Gasteiger partial charge in [0, 0.05) is 5.69 Å². The highest BCUT2D eigenvalue weighted by Crippen LogP contribution is 2.17. The van der Waals surface area contributed by atoms with Gasteiger partial charge in [0.05, 0.1) is 12.7 Å². The van der Waals surface area contributed by atoms with Gasteiger partial charge in [-0.05, 0) is 54.8 Å². The molecule has 0 heterocycles. The van der Waals surface area contributed by atoms with Gasteiger partial charge in [-0.25, -0.2) is 4.79 Å². The fourth-order valence-corrected chi connectivity index (χ4v) is 2.21. The van der Waals surface area contributed by atoms with Gasteiger partial charge >= 0.3 is 5.97 Å². The predicted octanol–water partition coefficient (Wildman–Crippen LogP) is 3.36. The normalized spacial score (nSPS) is 10.1. The minimum Gasteiger partial charge on any atom is -0.484 e. The molecule has 2 aromatic carbocycles. The van der Waals surface area contributed by atoms with Gasteiger partial charge in [0.15, 0.2) is 6.61 Å². The molecule has 1 amide bonds. The molecule has 5 heteroatoms. The van der Waals surface area contributed by atoms with E-state index in [1.165, 1.54) is 12.7 Å². The lowest BCUT2D eigenvalue weighted by Gasteiger charge is -2.11. The van der Waals surface area contributed by atoms with E-state index in [0.717, 1.165) is 12.0 Å². The van der Waals surface area contributed by atoms with Crippen LogP contribution in [0, 0.1) is 6.92 Å². The van der Waals surface area contributed by atoms with Crippen LogP contribution in [0.4, 0.5) is 5.69 Å². The Kier molecular flexibility index (Phi) is 5.95. The van der Waals surface area contributed by atoms with Gasteiger partial charge in [0.2, 0.25) is 0 Å². The van der Waals surface area contributed by atoms with E-state index in [1.54, 1.807) is 18.2 Å². The number of amides is 1. The summed E-state index contributed by atoms with van der Waals surface area (Å²) in [5, 5.41) is 2.77. The Balaban J connectivity index is 1.93. The van der Waals surface area contributed by atoms with Crippen molar-refractivity contribution in [2.24, 2.45) is 0 Å². The number of aryl methyl sites for hydroxylation is 2. The zero-order valence-corrected chi connectivity index (χ0v) is 14.1. The van der Waals surface area contributed by atoms with E-state index in [0.29, 0.717) is 17.0 Å². The van der Waals surface area contributed by atoms with E-state index >= 15 is 0 Å². The largest absolute Gasteiger partial charge is 0.484 e. The molecule has 0 radical (unpaired) electrons. The van der Waals surface area contributed by atoms with E-state index in [9.17, 15) is 9.59 Å². The Bertz CT molecular complexity index is 723. The lowest BCUT2D eigenvalue weighted by Crippen LogP contribution is -2.20. The van der Waals surface area contributed by atoms with Crippen molar-refractivity contribution < 1.29 is 19.1 Å². The summed E-state index contributed by atoms with van der Waals surface area (Å²) in [6.45, 7) is 3.81. The number of hydrogen-bond acceptors (Lipinski definition) is 4. The first-order valence-electron chi connectivity index (χ1n) is 7.74. The van der Waals surface area contributed by atoms with E-state index in [1.807, 2.05) is 31.2 Å². The first-order valence-corrected chi connectivity index (χ1v) is 7.74. The van der Waals surface area contributed by atoms with Crippen LogP contribution < -0.4 is 10.1 Å². The van der Waals surface area contributed by atoms with Gasteiger partial charge in [0.1, 0.15) is 5.75 Å². The quantitative estimate of drug-likeness (QED) is 0.826. The van der Waals surface area contributed by atoms with Gasteiger partial charge in [-0.15, -0.1) is 0 Å². The smallest absolute Gasteiger partial charge is 0.337 e. The molecule has 2 rings (SSSR count). The van der Waals surface area contributed by atoms with Gasteiger partial charge in [-0.3, -0.25) is 4.79 Å². The summed E-state index contributed by atoms with van der Waals surface area (Å²) >= 11 is 0. The summed E-state index contributed by atoms with van der Waals surface area (Å²) in [5.41, 5.74) is 3.07. The molecule has 126 valence electrons. The molecule has 0 aliphatic heterocycles. The van der Waals surface area contributed by atoms with Gasteiger partial charge in [-0.2, -0.15) is 0 Å². The number of esters is 1. The van der Waals surface area contributed by atoms with E-state index < -0.39 is 5.97 Å². The SMILES string of the molecule is CCc1ccc(OCC(=O)Nc2ccc(C(=O)OC)cc2C)cc1. The Morgan fingerprint density at radius 3 is 2.38 bits per heavy atom. The second-order valence-electron chi connectivity index (χ2n) is 5.36. The number of rotatable bonds is 6. The van der Waals surface area contributed by atoms with Crippen molar-refractivity contribution >= 4 is 17.6 Å². The molecule has 0 fully saturated rings. The van der Waals surface area contributed by atoms with Crippen LogP contribution in [0.1, 0.15) is 28.4 Å². The number of carbonyl (C=O) groups is 2. The average Bonchev–Trinajstić information content (AvgIpc) is 2.61. The van der Waals surface area contributed by atoms with Crippen molar-refractivity contribution in [3.8, 4) is 5.75 Å². The maximum absolute atomic E-state index is 12.0. The third kappa shape index (κ3) is 4.59. The van der Waals surface area contributed by atoms with Crippen molar-refractivity contribution in [3.05, 3.63) is 59.2 Å². The number of anilines is 1. The van der Waals surface area contributed by atoms with Crippen LogP contribution in [0.5, 0.6) is 5.75 Å². The maximum Gasteiger partial charge on any atom is 0.337 e. The topological polar surface area (TPSA) is 64.6 Å². The van der Waals surface area contributed by atoms with Crippen molar-refractivity contribution in [1.29, 1.82) is 0 Å². The number of ether oxygens (including phenoxy) is 2. The molecule has 2 aromatic rings. The van der Waals surface area contributed by atoms with Crippen LogP contribution >= 0.6 is 0 Å².